The van der Waals surface area contributed by atoms with Crippen molar-refractivity contribution in [3.05, 3.63) is 0 Å². The molecule has 2 saturated heterocycles. The summed E-state index contributed by atoms with van der Waals surface area (Å²) in [5, 5.41) is 25.5. The summed E-state index contributed by atoms with van der Waals surface area (Å²) in [6, 6.07) is -0.622. The lowest BCUT2D eigenvalue weighted by Gasteiger charge is -2.33. The van der Waals surface area contributed by atoms with Crippen molar-refractivity contribution in [1.29, 1.82) is 0 Å². The van der Waals surface area contributed by atoms with Crippen LogP contribution in [0.1, 0.15) is 104 Å². The standard InChI is InChI=1S/C33H59N3O5/c1-3-4-5-6-7-8-9-10-11-12-16-28-17-13-14-18-29(28)25-36-32(31(27(2)38)30(26-37)41-36)33(39)34-19-15-20-35-21-23-40-24-22-35/h27-32,37-38H,3-11,13-15,17-26H2,1-2H3,(H,34,39)/t27-,28?,29?,30-,31+,32-/m1/s1. The number of hydroxylamine groups is 2. The predicted molar refractivity (Wildman–Crippen MR) is 163 cm³/mol. The number of aliphatic hydroxyl groups is 2. The SMILES string of the molecule is CCCCCCCCCCC#CC1CCCCC1CN1O[C@H](CO)[C@H]([C@@H](C)O)[C@@H]1C(=O)NCCCN1CCOCC1. The fraction of sp³-hybridized carbons (Fsp3) is 0.909. The number of carbonyl (C=O) groups excluding carboxylic acids is 1. The Morgan fingerprint density at radius 1 is 1.02 bits per heavy atom. The van der Waals surface area contributed by atoms with Gasteiger partial charge in [0.15, 0.2) is 0 Å². The average Bonchev–Trinajstić information content (AvgIpc) is 3.36. The van der Waals surface area contributed by atoms with Crippen molar-refractivity contribution in [1.82, 2.24) is 15.3 Å². The van der Waals surface area contributed by atoms with Crippen LogP contribution >= 0.6 is 0 Å². The summed E-state index contributed by atoms with van der Waals surface area (Å²) in [6.45, 7) is 9.24. The normalized spacial score (nSPS) is 28.2. The summed E-state index contributed by atoms with van der Waals surface area (Å²) < 4.78 is 5.42. The molecule has 3 fully saturated rings. The average molecular weight is 578 g/mol. The first-order chi connectivity index (χ1) is 20.0. The van der Waals surface area contributed by atoms with Crippen LogP contribution in [0, 0.1) is 29.6 Å². The number of unbranched alkanes of at least 4 members (excludes halogenated alkanes) is 8. The lowest BCUT2D eigenvalue weighted by atomic mass is 9.79. The van der Waals surface area contributed by atoms with Gasteiger partial charge in [-0.1, -0.05) is 70.6 Å². The van der Waals surface area contributed by atoms with Gasteiger partial charge in [-0.2, -0.15) is 5.06 Å². The van der Waals surface area contributed by atoms with Gasteiger partial charge >= 0.3 is 0 Å². The van der Waals surface area contributed by atoms with E-state index in [9.17, 15) is 15.0 Å². The number of nitrogens with one attached hydrogen (secondary N) is 1. The quantitative estimate of drug-likeness (QED) is 0.177. The minimum absolute atomic E-state index is 0.123. The molecular formula is C33H59N3O5. The maximum absolute atomic E-state index is 13.5. The Balaban J connectivity index is 1.51. The summed E-state index contributed by atoms with van der Waals surface area (Å²) in [4.78, 5) is 22.0. The van der Waals surface area contributed by atoms with Crippen LogP contribution in [0.25, 0.3) is 0 Å². The van der Waals surface area contributed by atoms with E-state index in [0.29, 0.717) is 24.9 Å². The molecular weight excluding hydrogens is 518 g/mol. The van der Waals surface area contributed by atoms with E-state index in [1.807, 2.05) is 0 Å². The summed E-state index contributed by atoms with van der Waals surface area (Å²) in [5.74, 6) is 7.10. The highest BCUT2D eigenvalue weighted by molar-refractivity contribution is 5.82. The number of amides is 1. The van der Waals surface area contributed by atoms with E-state index >= 15 is 0 Å². The molecule has 0 aromatic carbocycles. The van der Waals surface area contributed by atoms with Crippen molar-refractivity contribution in [3.8, 4) is 11.8 Å². The van der Waals surface area contributed by atoms with Crippen LogP contribution in [-0.2, 0) is 14.4 Å². The highest BCUT2D eigenvalue weighted by Crippen LogP contribution is 2.36. The molecule has 0 radical (unpaired) electrons. The molecule has 2 aliphatic heterocycles. The van der Waals surface area contributed by atoms with Crippen molar-refractivity contribution < 1.29 is 24.6 Å². The van der Waals surface area contributed by atoms with Gasteiger partial charge in [-0.15, -0.1) is 5.92 Å². The predicted octanol–water partition coefficient (Wildman–Crippen LogP) is 4.14. The minimum atomic E-state index is -0.769. The molecule has 2 heterocycles. The van der Waals surface area contributed by atoms with E-state index in [1.54, 1.807) is 12.0 Å². The van der Waals surface area contributed by atoms with Gasteiger partial charge in [-0.25, -0.2) is 0 Å². The van der Waals surface area contributed by atoms with Gasteiger partial charge < -0.3 is 20.3 Å². The molecule has 1 saturated carbocycles. The van der Waals surface area contributed by atoms with Crippen LogP contribution < -0.4 is 5.32 Å². The monoisotopic (exact) mass is 577 g/mol. The zero-order valence-corrected chi connectivity index (χ0v) is 26.0. The number of hydrogen-bond donors (Lipinski definition) is 3. The zero-order chi connectivity index (χ0) is 29.3. The molecule has 1 aliphatic carbocycles. The van der Waals surface area contributed by atoms with E-state index < -0.39 is 24.2 Å². The molecule has 0 aromatic heterocycles. The third-order valence-electron chi connectivity index (χ3n) is 9.20. The van der Waals surface area contributed by atoms with Crippen molar-refractivity contribution in [2.45, 2.75) is 122 Å². The number of ether oxygens (including phenoxy) is 1. The summed E-state index contributed by atoms with van der Waals surface area (Å²) in [5.41, 5.74) is 0. The summed E-state index contributed by atoms with van der Waals surface area (Å²) in [7, 11) is 0. The van der Waals surface area contributed by atoms with Crippen LogP contribution in [-0.4, -0.2) is 96.9 Å². The molecule has 41 heavy (non-hydrogen) atoms. The maximum Gasteiger partial charge on any atom is 0.240 e. The highest BCUT2D eigenvalue weighted by atomic mass is 16.7. The lowest BCUT2D eigenvalue weighted by Crippen LogP contribution is -2.51. The van der Waals surface area contributed by atoms with Crippen molar-refractivity contribution in [2.75, 3.05) is 52.5 Å². The fourth-order valence-electron chi connectivity index (χ4n) is 6.74. The Bertz CT molecular complexity index is 779. The van der Waals surface area contributed by atoms with Crippen LogP contribution in [0.2, 0.25) is 0 Å². The van der Waals surface area contributed by atoms with Gasteiger partial charge in [0.25, 0.3) is 0 Å². The van der Waals surface area contributed by atoms with E-state index in [0.717, 1.165) is 65.0 Å². The number of hydrogen-bond acceptors (Lipinski definition) is 7. The largest absolute Gasteiger partial charge is 0.394 e. The lowest BCUT2D eigenvalue weighted by molar-refractivity contribution is -0.184. The molecule has 0 aromatic rings. The molecule has 0 bridgehead atoms. The Hall–Kier alpha value is -1.21. The number of nitrogens with zero attached hydrogens (tertiary/aromatic N) is 2. The van der Waals surface area contributed by atoms with E-state index in [2.05, 4.69) is 29.0 Å². The van der Waals surface area contributed by atoms with Crippen LogP contribution in [0.15, 0.2) is 0 Å². The van der Waals surface area contributed by atoms with E-state index in [-0.39, 0.29) is 12.5 Å². The molecule has 3 rings (SSSR count). The third-order valence-corrected chi connectivity index (χ3v) is 9.20. The molecule has 6 atom stereocenters. The molecule has 2 unspecified atom stereocenters. The van der Waals surface area contributed by atoms with Crippen molar-refractivity contribution in [3.63, 3.8) is 0 Å². The number of rotatable bonds is 17. The van der Waals surface area contributed by atoms with E-state index in [1.165, 1.54) is 57.8 Å². The smallest absolute Gasteiger partial charge is 0.240 e. The number of morpholine rings is 1. The topological polar surface area (TPSA) is 94.5 Å². The second-order valence-corrected chi connectivity index (χ2v) is 12.5. The molecule has 8 heteroatoms. The van der Waals surface area contributed by atoms with Crippen molar-refractivity contribution >= 4 is 5.91 Å². The maximum atomic E-state index is 13.5. The molecule has 3 aliphatic rings. The fourth-order valence-corrected chi connectivity index (χ4v) is 6.74. The van der Waals surface area contributed by atoms with Gasteiger partial charge in [0.2, 0.25) is 5.91 Å². The molecule has 3 N–H and O–H groups in total. The number of carbonyl (C=O) groups is 1. The molecule has 1 amide bonds. The van der Waals surface area contributed by atoms with Gasteiger partial charge in [-0.05, 0) is 45.1 Å². The molecule has 8 nitrogen and oxygen atoms in total. The molecule has 0 spiro atoms. The first-order valence-corrected chi connectivity index (χ1v) is 16.8. The highest BCUT2D eigenvalue weighted by Gasteiger charge is 2.50. The van der Waals surface area contributed by atoms with Gasteiger partial charge in [0.05, 0.1) is 25.9 Å². The van der Waals surface area contributed by atoms with Crippen LogP contribution in [0.5, 0.6) is 0 Å². The Labute approximate surface area is 249 Å². The second kappa shape index (κ2) is 19.9. The first kappa shape index (κ1) is 34.3. The van der Waals surface area contributed by atoms with Crippen LogP contribution in [0.3, 0.4) is 0 Å². The van der Waals surface area contributed by atoms with Crippen LogP contribution in [0.4, 0.5) is 0 Å². The number of aliphatic hydroxyl groups excluding tert-OH is 2. The summed E-state index contributed by atoms with van der Waals surface area (Å²) >= 11 is 0. The zero-order valence-electron chi connectivity index (χ0n) is 26.0. The van der Waals surface area contributed by atoms with E-state index in [4.69, 9.17) is 9.57 Å². The first-order valence-electron chi connectivity index (χ1n) is 16.8. The Morgan fingerprint density at radius 3 is 2.44 bits per heavy atom. The second-order valence-electron chi connectivity index (χ2n) is 12.5. The van der Waals surface area contributed by atoms with Gasteiger partial charge in [0.1, 0.15) is 12.1 Å². The van der Waals surface area contributed by atoms with Crippen molar-refractivity contribution in [2.24, 2.45) is 17.8 Å². The minimum Gasteiger partial charge on any atom is -0.394 e. The van der Waals surface area contributed by atoms with Gasteiger partial charge in [0, 0.05) is 44.4 Å². The summed E-state index contributed by atoms with van der Waals surface area (Å²) in [6.07, 6.45) is 15.5. The third kappa shape index (κ3) is 11.8. The Morgan fingerprint density at radius 2 is 1.73 bits per heavy atom. The Kier molecular flexibility index (Phi) is 16.6. The molecule has 236 valence electrons. The van der Waals surface area contributed by atoms with Gasteiger partial charge in [-0.3, -0.25) is 14.5 Å².